The molecule has 0 aromatic heterocycles. The van der Waals surface area contributed by atoms with Crippen molar-refractivity contribution in [2.24, 2.45) is 0 Å². The van der Waals surface area contributed by atoms with E-state index >= 15 is 0 Å². The molecule has 2 rings (SSSR count). The van der Waals surface area contributed by atoms with Crippen molar-refractivity contribution in [2.75, 3.05) is 33.2 Å². The van der Waals surface area contributed by atoms with Crippen LogP contribution in [0.15, 0.2) is 30.3 Å². The Morgan fingerprint density at radius 1 is 1.00 bits per heavy atom. The molecule has 144 valence electrons. The highest BCUT2D eigenvalue weighted by Gasteiger charge is 2.17. The largest absolute Gasteiger partial charge is 0.493 e. The Kier molecular flexibility index (Phi) is 6.90. The summed E-state index contributed by atoms with van der Waals surface area (Å²) in [5.74, 6) is 0.245. The van der Waals surface area contributed by atoms with E-state index in [0.717, 1.165) is 5.56 Å². The molecule has 0 radical (unpaired) electrons. The minimum absolute atomic E-state index is 0.207. The maximum absolute atomic E-state index is 12.4. The Balaban J connectivity index is 2.04. The van der Waals surface area contributed by atoms with Crippen molar-refractivity contribution in [3.05, 3.63) is 46.5 Å². The van der Waals surface area contributed by atoms with Gasteiger partial charge in [-0.2, -0.15) is 0 Å². The predicted molar refractivity (Wildman–Crippen MR) is 103 cm³/mol. The van der Waals surface area contributed by atoms with Gasteiger partial charge in [-0.1, -0.05) is 17.7 Å². The molecule has 2 amide bonds. The van der Waals surface area contributed by atoms with E-state index in [0.29, 0.717) is 28.0 Å². The van der Waals surface area contributed by atoms with E-state index in [9.17, 15) is 9.59 Å². The molecule has 8 heteroatoms. The monoisotopic (exact) mass is 392 g/mol. The molecule has 0 unspecified atom stereocenters. The number of hydrogen-bond donors (Lipinski definition) is 2. The molecule has 0 fully saturated rings. The van der Waals surface area contributed by atoms with Gasteiger partial charge in [0.05, 0.1) is 27.9 Å². The number of halogens is 1. The average molecular weight is 393 g/mol. The van der Waals surface area contributed by atoms with Gasteiger partial charge in [0.25, 0.3) is 5.91 Å². The van der Waals surface area contributed by atoms with Crippen LogP contribution in [0.3, 0.4) is 0 Å². The number of carbonyl (C=O) groups excluding carboxylic acids is 2. The van der Waals surface area contributed by atoms with E-state index in [2.05, 4.69) is 10.6 Å². The SMILES string of the molecule is COc1cc(C(=O)NCC(=O)Nc2ccc(C)c(Cl)c2)cc(OC)c1OC. The fraction of sp³-hybridized carbons (Fsp3) is 0.263. The van der Waals surface area contributed by atoms with Crippen LogP contribution in [0.2, 0.25) is 5.02 Å². The van der Waals surface area contributed by atoms with Crippen LogP contribution >= 0.6 is 11.6 Å². The quantitative estimate of drug-likeness (QED) is 0.756. The zero-order chi connectivity index (χ0) is 20.0. The molecular weight excluding hydrogens is 372 g/mol. The summed E-state index contributed by atoms with van der Waals surface area (Å²) in [5, 5.41) is 5.77. The van der Waals surface area contributed by atoms with Crippen LogP contribution in [0.4, 0.5) is 5.69 Å². The van der Waals surface area contributed by atoms with Crippen molar-refractivity contribution >= 4 is 29.1 Å². The second-order valence-corrected chi connectivity index (χ2v) is 6.02. The molecule has 0 aliphatic rings. The van der Waals surface area contributed by atoms with E-state index in [4.69, 9.17) is 25.8 Å². The summed E-state index contributed by atoms with van der Waals surface area (Å²) in [6.45, 7) is 1.66. The number of rotatable bonds is 7. The van der Waals surface area contributed by atoms with Crippen molar-refractivity contribution in [1.29, 1.82) is 0 Å². The van der Waals surface area contributed by atoms with Crippen LogP contribution in [0.5, 0.6) is 17.2 Å². The van der Waals surface area contributed by atoms with Crippen LogP contribution in [0.1, 0.15) is 15.9 Å². The van der Waals surface area contributed by atoms with Crippen molar-refractivity contribution in [1.82, 2.24) is 5.32 Å². The highest BCUT2D eigenvalue weighted by Crippen LogP contribution is 2.38. The first kappa shape index (κ1) is 20.4. The minimum atomic E-state index is -0.452. The number of ether oxygens (including phenoxy) is 3. The second kappa shape index (κ2) is 9.14. The van der Waals surface area contributed by atoms with Crippen LogP contribution in [0.25, 0.3) is 0 Å². The number of anilines is 1. The van der Waals surface area contributed by atoms with Gasteiger partial charge in [0, 0.05) is 16.3 Å². The molecule has 27 heavy (non-hydrogen) atoms. The van der Waals surface area contributed by atoms with E-state index < -0.39 is 5.91 Å². The fourth-order valence-electron chi connectivity index (χ4n) is 2.35. The van der Waals surface area contributed by atoms with E-state index in [-0.39, 0.29) is 18.0 Å². The molecule has 0 spiro atoms. The lowest BCUT2D eigenvalue weighted by Crippen LogP contribution is -2.32. The van der Waals surface area contributed by atoms with Gasteiger partial charge < -0.3 is 24.8 Å². The summed E-state index contributed by atoms with van der Waals surface area (Å²) in [4.78, 5) is 24.4. The molecule has 2 N–H and O–H groups in total. The number of methoxy groups -OCH3 is 3. The Hall–Kier alpha value is -2.93. The van der Waals surface area contributed by atoms with Crippen LogP contribution < -0.4 is 24.8 Å². The summed E-state index contributed by atoms with van der Waals surface area (Å²) in [6.07, 6.45) is 0. The maximum Gasteiger partial charge on any atom is 0.251 e. The smallest absolute Gasteiger partial charge is 0.251 e. The van der Waals surface area contributed by atoms with Gasteiger partial charge in [0.1, 0.15) is 0 Å². The topological polar surface area (TPSA) is 85.9 Å². The van der Waals surface area contributed by atoms with Gasteiger partial charge in [0.2, 0.25) is 11.7 Å². The zero-order valence-electron chi connectivity index (χ0n) is 15.5. The van der Waals surface area contributed by atoms with E-state index in [1.807, 2.05) is 6.92 Å². The van der Waals surface area contributed by atoms with Crippen molar-refractivity contribution < 1.29 is 23.8 Å². The first-order valence-corrected chi connectivity index (χ1v) is 8.41. The molecule has 7 nitrogen and oxygen atoms in total. The molecule has 0 atom stereocenters. The van der Waals surface area contributed by atoms with Crippen molar-refractivity contribution in [3.63, 3.8) is 0 Å². The number of nitrogens with one attached hydrogen (secondary N) is 2. The van der Waals surface area contributed by atoms with Crippen LogP contribution in [-0.4, -0.2) is 39.7 Å². The predicted octanol–water partition coefficient (Wildman–Crippen LogP) is 3.04. The van der Waals surface area contributed by atoms with Gasteiger partial charge in [-0.25, -0.2) is 0 Å². The average Bonchev–Trinajstić information content (AvgIpc) is 2.67. The molecule has 0 heterocycles. The summed E-state index contributed by atoms with van der Waals surface area (Å²) >= 11 is 6.03. The van der Waals surface area contributed by atoms with Crippen LogP contribution in [-0.2, 0) is 4.79 Å². The van der Waals surface area contributed by atoms with E-state index in [1.165, 1.54) is 33.5 Å². The Morgan fingerprint density at radius 3 is 2.15 bits per heavy atom. The number of aryl methyl sites for hydroxylation is 1. The van der Waals surface area contributed by atoms with Gasteiger partial charge >= 0.3 is 0 Å². The molecule has 0 saturated heterocycles. The molecular formula is C19H21ClN2O5. The normalized spacial score (nSPS) is 10.1. The molecule has 2 aromatic carbocycles. The Bertz CT molecular complexity index is 829. The number of carbonyl (C=O) groups is 2. The standard InChI is InChI=1S/C19H21ClN2O5/c1-11-5-6-13(9-14(11)20)22-17(23)10-21-19(24)12-7-15(25-2)18(27-4)16(8-12)26-3/h5-9H,10H2,1-4H3,(H,21,24)(H,22,23). The Morgan fingerprint density at radius 2 is 1.63 bits per heavy atom. The lowest BCUT2D eigenvalue weighted by molar-refractivity contribution is -0.115. The minimum Gasteiger partial charge on any atom is -0.493 e. The summed E-state index contributed by atoms with van der Waals surface area (Å²) in [7, 11) is 4.39. The summed E-state index contributed by atoms with van der Waals surface area (Å²) < 4.78 is 15.7. The maximum atomic E-state index is 12.4. The third-order valence-electron chi connectivity index (χ3n) is 3.79. The number of benzene rings is 2. The third-order valence-corrected chi connectivity index (χ3v) is 4.20. The Labute approximate surface area is 162 Å². The van der Waals surface area contributed by atoms with Crippen LogP contribution in [0, 0.1) is 6.92 Å². The number of hydrogen-bond acceptors (Lipinski definition) is 5. The molecule has 0 bridgehead atoms. The van der Waals surface area contributed by atoms with Crippen molar-refractivity contribution in [3.8, 4) is 17.2 Å². The van der Waals surface area contributed by atoms with Crippen molar-refractivity contribution in [2.45, 2.75) is 6.92 Å². The molecule has 0 aliphatic carbocycles. The lowest BCUT2D eigenvalue weighted by atomic mass is 10.1. The van der Waals surface area contributed by atoms with E-state index in [1.54, 1.807) is 18.2 Å². The lowest BCUT2D eigenvalue weighted by Gasteiger charge is -2.14. The highest BCUT2D eigenvalue weighted by molar-refractivity contribution is 6.31. The second-order valence-electron chi connectivity index (χ2n) is 5.61. The summed E-state index contributed by atoms with van der Waals surface area (Å²) in [5.41, 5.74) is 1.73. The third kappa shape index (κ3) is 5.04. The first-order chi connectivity index (χ1) is 12.9. The molecule has 2 aromatic rings. The van der Waals surface area contributed by atoms with Gasteiger partial charge in [0.15, 0.2) is 11.5 Å². The fourth-order valence-corrected chi connectivity index (χ4v) is 2.53. The van der Waals surface area contributed by atoms with Gasteiger partial charge in [-0.05, 0) is 36.8 Å². The zero-order valence-corrected chi connectivity index (χ0v) is 16.3. The first-order valence-electron chi connectivity index (χ1n) is 8.03. The highest BCUT2D eigenvalue weighted by atomic mass is 35.5. The van der Waals surface area contributed by atoms with Gasteiger partial charge in [-0.3, -0.25) is 9.59 Å². The number of amides is 2. The summed E-state index contributed by atoms with van der Waals surface area (Å²) in [6, 6.07) is 8.20. The van der Waals surface area contributed by atoms with Gasteiger partial charge in [-0.15, -0.1) is 0 Å². The molecule has 0 saturated carbocycles. The molecule has 0 aliphatic heterocycles.